The van der Waals surface area contributed by atoms with Crippen molar-refractivity contribution in [2.24, 2.45) is 0 Å². The molecule has 10 heteroatoms. The molecule has 1 N–H and O–H groups in total. The summed E-state index contributed by atoms with van der Waals surface area (Å²) in [4.78, 5) is 29.9. The molecular weight excluding hydrogens is 458 g/mol. The highest BCUT2D eigenvalue weighted by Gasteiger charge is 2.29. The summed E-state index contributed by atoms with van der Waals surface area (Å²) in [5.74, 6) is -0.0828. The SMILES string of the molecule is CCCCCCN(CCc1csc(SC(C)(C)C(=O)O)n1)c1ncc(N2CCOCC2)cn1. The van der Waals surface area contributed by atoms with E-state index in [0.29, 0.717) is 0 Å². The van der Waals surface area contributed by atoms with Gasteiger partial charge in [-0.1, -0.05) is 37.9 Å². The molecule has 8 nitrogen and oxygen atoms in total. The van der Waals surface area contributed by atoms with Crippen LogP contribution in [0.25, 0.3) is 0 Å². The Kier molecular flexibility index (Phi) is 9.76. The number of nitrogens with zero attached hydrogens (tertiary/aromatic N) is 5. The monoisotopic (exact) mass is 493 g/mol. The number of aliphatic carboxylic acids is 1. The van der Waals surface area contributed by atoms with Crippen LogP contribution >= 0.6 is 23.1 Å². The molecule has 0 spiro atoms. The number of thioether (sulfide) groups is 1. The quantitative estimate of drug-likeness (QED) is 0.323. The second kappa shape index (κ2) is 12.5. The third kappa shape index (κ3) is 7.82. The zero-order valence-electron chi connectivity index (χ0n) is 19.8. The number of carboxylic acids is 1. The molecule has 1 aliphatic rings. The van der Waals surface area contributed by atoms with Crippen LogP contribution in [0, 0.1) is 0 Å². The summed E-state index contributed by atoms with van der Waals surface area (Å²) in [6, 6.07) is 0. The van der Waals surface area contributed by atoms with Crippen LogP contribution in [-0.2, 0) is 16.0 Å². The molecule has 1 aliphatic heterocycles. The lowest BCUT2D eigenvalue weighted by atomic mass is 10.2. The fraction of sp³-hybridized carbons (Fsp3) is 0.652. The maximum Gasteiger partial charge on any atom is 0.319 e. The molecule has 0 saturated carbocycles. The molecule has 33 heavy (non-hydrogen) atoms. The molecule has 0 radical (unpaired) electrons. The van der Waals surface area contributed by atoms with Gasteiger partial charge in [0.05, 0.1) is 37.0 Å². The molecule has 2 aromatic rings. The lowest BCUT2D eigenvalue weighted by Crippen LogP contribution is -2.36. The van der Waals surface area contributed by atoms with E-state index in [-0.39, 0.29) is 0 Å². The minimum atomic E-state index is -0.892. The Hall–Kier alpha value is -1.91. The topological polar surface area (TPSA) is 91.7 Å². The van der Waals surface area contributed by atoms with Crippen LogP contribution in [-0.4, -0.2) is 70.2 Å². The molecule has 0 unspecified atom stereocenters. The van der Waals surface area contributed by atoms with E-state index < -0.39 is 10.7 Å². The van der Waals surface area contributed by atoms with E-state index in [4.69, 9.17) is 4.74 Å². The van der Waals surface area contributed by atoms with Crippen molar-refractivity contribution in [2.45, 2.75) is 62.0 Å². The Morgan fingerprint density at radius 1 is 1.21 bits per heavy atom. The molecule has 0 bridgehead atoms. The fourth-order valence-corrected chi connectivity index (χ4v) is 5.69. The van der Waals surface area contributed by atoms with Gasteiger partial charge in [-0.05, 0) is 20.3 Å². The van der Waals surface area contributed by atoms with Crippen molar-refractivity contribution in [3.63, 3.8) is 0 Å². The highest BCUT2D eigenvalue weighted by Crippen LogP contribution is 2.34. The lowest BCUT2D eigenvalue weighted by Gasteiger charge is -2.29. The molecule has 2 aromatic heterocycles. The van der Waals surface area contributed by atoms with Crippen LogP contribution in [0.1, 0.15) is 52.1 Å². The van der Waals surface area contributed by atoms with Crippen molar-refractivity contribution < 1.29 is 14.6 Å². The second-order valence-corrected chi connectivity index (χ2v) is 11.4. The van der Waals surface area contributed by atoms with Gasteiger partial charge >= 0.3 is 5.97 Å². The normalized spacial score (nSPS) is 14.5. The van der Waals surface area contributed by atoms with Crippen LogP contribution < -0.4 is 9.80 Å². The first-order chi connectivity index (χ1) is 15.9. The van der Waals surface area contributed by atoms with Crippen LogP contribution in [0.4, 0.5) is 11.6 Å². The summed E-state index contributed by atoms with van der Waals surface area (Å²) >= 11 is 2.80. The summed E-state index contributed by atoms with van der Waals surface area (Å²) in [7, 11) is 0. The van der Waals surface area contributed by atoms with E-state index in [2.05, 4.69) is 31.7 Å². The molecule has 1 saturated heterocycles. The maximum atomic E-state index is 11.4. The molecule has 3 rings (SSSR count). The average molecular weight is 494 g/mol. The van der Waals surface area contributed by atoms with E-state index >= 15 is 0 Å². The zero-order valence-corrected chi connectivity index (χ0v) is 21.5. The number of rotatable bonds is 13. The van der Waals surface area contributed by atoms with E-state index in [1.807, 2.05) is 17.8 Å². The third-order valence-electron chi connectivity index (χ3n) is 5.59. The molecular formula is C23H35N5O3S2. The van der Waals surface area contributed by atoms with Gasteiger partial charge in [-0.2, -0.15) is 0 Å². The first-order valence-corrected chi connectivity index (χ1v) is 13.3. The largest absolute Gasteiger partial charge is 0.480 e. The van der Waals surface area contributed by atoms with Crippen molar-refractivity contribution in [2.75, 3.05) is 49.2 Å². The number of morpholine rings is 1. The van der Waals surface area contributed by atoms with Gasteiger partial charge in [0.15, 0.2) is 4.34 Å². The number of hydrogen-bond donors (Lipinski definition) is 1. The summed E-state index contributed by atoms with van der Waals surface area (Å²) in [6.07, 6.45) is 9.34. The van der Waals surface area contributed by atoms with E-state index in [0.717, 1.165) is 73.9 Å². The van der Waals surface area contributed by atoms with Gasteiger partial charge in [-0.15, -0.1) is 11.3 Å². The van der Waals surface area contributed by atoms with Crippen molar-refractivity contribution in [3.05, 3.63) is 23.5 Å². The maximum absolute atomic E-state index is 11.4. The van der Waals surface area contributed by atoms with E-state index in [1.165, 1.54) is 42.4 Å². The predicted octanol–water partition coefficient (Wildman–Crippen LogP) is 4.35. The summed E-state index contributed by atoms with van der Waals surface area (Å²) in [6.45, 7) is 10.5. The van der Waals surface area contributed by atoms with Crippen molar-refractivity contribution >= 4 is 40.7 Å². The number of hydrogen-bond acceptors (Lipinski definition) is 9. The Bertz CT molecular complexity index is 869. The molecule has 3 heterocycles. The van der Waals surface area contributed by atoms with Crippen molar-refractivity contribution in [1.82, 2.24) is 15.0 Å². The molecule has 0 aliphatic carbocycles. The second-order valence-electron chi connectivity index (χ2n) is 8.66. The average Bonchev–Trinajstić information content (AvgIpc) is 3.26. The van der Waals surface area contributed by atoms with Gasteiger partial charge in [0, 0.05) is 38.0 Å². The highest BCUT2D eigenvalue weighted by molar-refractivity contribution is 8.02. The fourth-order valence-electron chi connectivity index (χ4n) is 3.47. The number of carboxylic acid groups (broad SMARTS) is 1. The molecule has 1 fully saturated rings. The van der Waals surface area contributed by atoms with Gasteiger partial charge in [-0.25, -0.2) is 15.0 Å². The van der Waals surface area contributed by atoms with E-state index in [1.54, 1.807) is 13.8 Å². The molecule has 182 valence electrons. The van der Waals surface area contributed by atoms with Gasteiger partial charge in [-0.3, -0.25) is 4.79 Å². The smallest absolute Gasteiger partial charge is 0.319 e. The number of anilines is 2. The van der Waals surface area contributed by atoms with Gasteiger partial charge in [0.2, 0.25) is 5.95 Å². The predicted molar refractivity (Wildman–Crippen MR) is 135 cm³/mol. The minimum Gasteiger partial charge on any atom is -0.480 e. The Morgan fingerprint density at radius 2 is 1.94 bits per heavy atom. The lowest BCUT2D eigenvalue weighted by molar-refractivity contribution is -0.138. The number of carbonyl (C=O) groups is 1. The van der Waals surface area contributed by atoms with Gasteiger partial charge in [0.1, 0.15) is 4.75 Å². The third-order valence-corrected chi connectivity index (χ3v) is 7.76. The Morgan fingerprint density at radius 3 is 2.61 bits per heavy atom. The molecule has 0 aromatic carbocycles. The van der Waals surface area contributed by atoms with Crippen molar-refractivity contribution in [3.8, 4) is 0 Å². The number of unbranched alkanes of at least 4 members (excludes halogenated alkanes) is 3. The summed E-state index contributed by atoms with van der Waals surface area (Å²) in [5, 5.41) is 11.4. The Labute approximate surface area is 204 Å². The molecule has 0 amide bonds. The van der Waals surface area contributed by atoms with Crippen LogP contribution in [0.2, 0.25) is 0 Å². The van der Waals surface area contributed by atoms with Crippen LogP contribution in [0.3, 0.4) is 0 Å². The standard InChI is InChI=1S/C23H35N5O3S2/c1-4-5-6-7-9-28(21-24-15-19(16-25-21)27-11-13-31-14-12-27)10-8-18-17-32-22(26-18)33-23(2,3)20(29)30/h15-17H,4-14H2,1-3H3,(H,29,30). The summed E-state index contributed by atoms with van der Waals surface area (Å²) in [5.41, 5.74) is 2.02. The van der Waals surface area contributed by atoms with Gasteiger partial charge < -0.3 is 19.6 Å². The van der Waals surface area contributed by atoms with Gasteiger partial charge in [0.25, 0.3) is 0 Å². The van der Waals surface area contributed by atoms with Crippen LogP contribution in [0.5, 0.6) is 0 Å². The van der Waals surface area contributed by atoms with Crippen LogP contribution in [0.15, 0.2) is 22.1 Å². The highest BCUT2D eigenvalue weighted by atomic mass is 32.2. The number of thiazole rings is 1. The zero-order chi connectivity index (χ0) is 23.7. The van der Waals surface area contributed by atoms with Crippen molar-refractivity contribution in [1.29, 1.82) is 0 Å². The minimum absolute atomic E-state index is 0.739. The first kappa shape index (κ1) is 25.7. The number of ether oxygens (including phenoxy) is 1. The Balaban J connectivity index is 1.62. The number of aromatic nitrogens is 3. The molecule has 0 atom stereocenters. The first-order valence-electron chi connectivity index (χ1n) is 11.7. The van der Waals surface area contributed by atoms with E-state index in [9.17, 15) is 9.90 Å². The summed E-state index contributed by atoms with van der Waals surface area (Å²) < 4.78 is 5.33.